The molecule has 3 saturated heterocycles. The normalized spacial score (nSPS) is 22.6. The predicted octanol–water partition coefficient (Wildman–Crippen LogP) is 2.19. The second-order valence-corrected chi connectivity index (χ2v) is 10.7. The number of carbonyl (C=O) groups is 1. The van der Waals surface area contributed by atoms with Crippen LogP contribution in [-0.4, -0.2) is 75.8 Å². The molecular formula is C22H33N3O5S. The summed E-state index contributed by atoms with van der Waals surface area (Å²) in [6, 6.07) is 4.99. The lowest BCUT2D eigenvalue weighted by atomic mass is 9.96. The Kier molecular flexibility index (Phi) is 7.28. The Bertz CT molecular complexity index is 871. The molecule has 1 N–H and O–H groups in total. The van der Waals surface area contributed by atoms with Crippen molar-refractivity contribution >= 4 is 21.6 Å². The molecule has 0 spiro atoms. The smallest absolute Gasteiger partial charge is 0.243 e. The summed E-state index contributed by atoms with van der Waals surface area (Å²) < 4.78 is 38.7. The first-order chi connectivity index (χ1) is 14.9. The number of anilines is 1. The highest BCUT2D eigenvalue weighted by atomic mass is 32.2. The molecule has 9 heteroatoms. The molecule has 1 aromatic rings. The van der Waals surface area contributed by atoms with Crippen molar-refractivity contribution in [1.29, 1.82) is 0 Å². The zero-order chi connectivity index (χ0) is 21.8. The molecule has 31 heavy (non-hydrogen) atoms. The maximum atomic E-state index is 13.0. The van der Waals surface area contributed by atoms with Gasteiger partial charge in [-0.2, -0.15) is 4.31 Å². The van der Waals surface area contributed by atoms with Crippen molar-refractivity contribution in [3.05, 3.63) is 23.8 Å². The number of likely N-dealkylation sites (tertiary alicyclic amines) is 1. The summed E-state index contributed by atoms with van der Waals surface area (Å²) in [4.78, 5) is 15.0. The molecule has 3 aliphatic rings. The summed E-state index contributed by atoms with van der Waals surface area (Å²) in [7, 11) is -3.53. The third-order valence-electron chi connectivity index (χ3n) is 6.47. The highest BCUT2D eigenvalue weighted by Crippen LogP contribution is 2.27. The van der Waals surface area contributed by atoms with Gasteiger partial charge in [0.1, 0.15) is 0 Å². The summed E-state index contributed by atoms with van der Waals surface area (Å²) in [5, 5.41) is 2.93. The van der Waals surface area contributed by atoms with E-state index in [0.717, 1.165) is 50.8 Å². The van der Waals surface area contributed by atoms with Crippen molar-refractivity contribution in [2.45, 2.75) is 50.2 Å². The highest BCUT2D eigenvalue weighted by molar-refractivity contribution is 7.89. The van der Waals surface area contributed by atoms with Crippen molar-refractivity contribution in [1.82, 2.24) is 9.21 Å². The Labute approximate surface area is 184 Å². The number of rotatable bonds is 6. The molecular weight excluding hydrogens is 418 g/mol. The van der Waals surface area contributed by atoms with Gasteiger partial charge in [0.25, 0.3) is 0 Å². The molecule has 0 atom stereocenters. The SMILES string of the molecule is Cc1ccc(S(=O)(=O)N2CCCCC2)cc1NC(=O)CN1CCC(C2OCCO2)CC1. The second kappa shape index (κ2) is 9.95. The van der Waals surface area contributed by atoms with Gasteiger partial charge in [-0.15, -0.1) is 0 Å². The van der Waals surface area contributed by atoms with Crippen molar-refractivity contribution in [3.63, 3.8) is 0 Å². The first-order valence-electron chi connectivity index (χ1n) is 11.3. The summed E-state index contributed by atoms with van der Waals surface area (Å²) in [6.07, 6.45) is 4.65. The minimum atomic E-state index is -3.53. The van der Waals surface area contributed by atoms with Crippen LogP contribution in [0.4, 0.5) is 5.69 Å². The fourth-order valence-electron chi connectivity index (χ4n) is 4.58. The predicted molar refractivity (Wildman–Crippen MR) is 117 cm³/mol. The van der Waals surface area contributed by atoms with E-state index in [1.165, 1.54) is 0 Å². The maximum Gasteiger partial charge on any atom is 0.243 e. The van der Waals surface area contributed by atoms with Gasteiger partial charge in [-0.3, -0.25) is 9.69 Å². The zero-order valence-electron chi connectivity index (χ0n) is 18.2. The second-order valence-electron chi connectivity index (χ2n) is 8.71. The van der Waals surface area contributed by atoms with E-state index < -0.39 is 10.0 Å². The molecule has 1 aromatic carbocycles. The Balaban J connectivity index is 1.34. The zero-order valence-corrected chi connectivity index (χ0v) is 19.0. The Morgan fingerprint density at radius 2 is 1.74 bits per heavy atom. The molecule has 0 unspecified atom stereocenters. The summed E-state index contributed by atoms with van der Waals surface area (Å²) in [6.45, 7) is 6.27. The minimum absolute atomic E-state index is 0.0942. The van der Waals surface area contributed by atoms with E-state index in [4.69, 9.17) is 9.47 Å². The molecule has 3 fully saturated rings. The van der Waals surface area contributed by atoms with E-state index >= 15 is 0 Å². The quantitative estimate of drug-likeness (QED) is 0.713. The van der Waals surface area contributed by atoms with Crippen LogP contribution in [0.5, 0.6) is 0 Å². The van der Waals surface area contributed by atoms with Gasteiger partial charge in [0.2, 0.25) is 15.9 Å². The van der Waals surface area contributed by atoms with Crippen LogP contribution in [0, 0.1) is 12.8 Å². The van der Waals surface area contributed by atoms with Crippen molar-refractivity contribution < 1.29 is 22.7 Å². The fraction of sp³-hybridized carbons (Fsp3) is 0.682. The lowest BCUT2D eigenvalue weighted by molar-refractivity contribution is -0.119. The standard InChI is InChI=1S/C22H33N3O5S/c1-17-5-6-19(31(27,28)25-9-3-2-4-10-25)15-20(17)23-21(26)16-24-11-7-18(8-12-24)22-29-13-14-30-22/h5-6,15,18,22H,2-4,7-14,16H2,1H3,(H,23,26). The van der Waals surface area contributed by atoms with Gasteiger partial charge >= 0.3 is 0 Å². The topological polar surface area (TPSA) is 88.2 Å². The molecule has 0 aromatic heterocycles. The molecule has 3 aliphatic heterocycles. The number of aryl methyl sites for hydroxylation is 1. The monoisotopic (exact) mass is 451 g/mol. The summed E-state index contributed by atoms with van der Waals surface area (Å²) >= 11 is 0. The number of hydrogen-bond acceptors (Lipinski definition) is 6. The third kappa shape index (κ3) is 5.46. The van der Waals surface area contributed by atoms with Gasteiger partial charge < -0.3 is 14.8 Å². The highest BCUT2D eigenvalue weighted by Gasteiger charge is 2.31. The van der Waals surface area contributed by atoms with Crippen LogP contribution in [0.1, 0.15) is 37.7 Å². The molecule has 0 bridgehead atoms. The summed E-state index contributed by atoms with van der Waals surface area (Å²) in [5.74, 6) is 0.267. The first-order valence-corrected chi connectivity index (χ1v) is 12.7. The van der Waals surface area contributed by atoms with Crippen LogP contribution in [0.15, 0.2) is 23.1 Å². The van der Waals surface area contributed by atoms with Gasteiger partial charge in [-0.25, -0.2) is 8.42 Å². The number of carbonyl (C=O) groups excluding carboxylic acids is 1. The lowest BCUT2D eigenvalue weighted by Crippen LogP contribution is -2.41. The van der Waals surface area contributed by atoms with Crippen LogP contribution >= 0.6 is 0 Å². The molecule has 3 heterocycles. The average Bonchev–Trinajstić information content (AvgIpc) is 3.31. The van der Waals surface area contributed by atoms with Crippen molar-refractivity contribution in [3.8, 4) is 0 Å². The van der Waals surface area contributed by atoms with Crippen molar-refractivity contribution in [2.24, 2.45) is 5.92 Å². The largest absolute Gasteiger partial charge is 0.350 e. The van der Waals surface area contributed by atoms with E-state index in [1.807, 2.05) is 6.92 Å². The number of sulfonamides is 1. The van der Waals surface area contributed by atoms with Gasteiger partial charge in [0.15, 0.2) is 6.29 Å². The third-order valence-corrected chi connectivity index (χ3v) is 8.36. The molecule has 8 nitrogen and oxygen atoms in total. The number of nitrogens with zero attached hydrogens (tertiary/aromatic N) is 2. The van der Waals surface area contributed by atoms with Crippen LogP contribution in [0.2, 0.25) is 0 Å². The first kappa shape index (κ1) is 22.7. The molecule has 0 saturated carbocycles. The molecule has 1 amide bonds. The Morgan fingerprint density at radius 1 is 1.06 bits per heavy atom. The fourth-order valence-corrected chi connectivity index (χ4v) is 6.12. The molecule has 172 valence electrons. The van der Waals surface area contributed by atoms with Crippen molar-refractivity contribution in [2.75, 3.05) is 51.3 Å². The van der Waals surface area contributed by atoms with Gasteiger partial charge in [-0.05, 0) is 63.4 Å². The van der Waals surface area contributed by atoms with E-state index in [1.54, 1.807) is 22.5 Å². The molecule has 0 radical (unpaired) electrons. The summed E-state index contributed by atoms with van der Waals surface area (Å²) in [5.41, 5.74) is 1.41. The number of benzene rings is 1. The van der Waals surface area contributed by atoms with E-state index in [0.29, 0.717) is 44.5 Å². The van der Waals surface area contributed by atoms with E-state index in [2.05, 4.69) is 10.2 Å². The van der Waals surface area contributed by atoms with Gasteiger partial charge in [-0.1, -0.05) is 12.5 Å². The Hall–Kier alpha value is -1.52. The number of hydrogen-bond donors (Lipinski definition) is 1. The number of nitrogens with one attached hydrogen (secondary N) is 1. The average molecular weight is 452 g/mol. The molecule has 0 aliphatic carbocycles. The van der Waals surface area contributed by atoms with Crippen LogP contribution in [0.3, 0.4) is 0 Å². The molecule has 4 rings (SSSR count). The number of piperidine rings is 2. The Morgan fingerprint density at radius 3 is 2.42 bits per heavy atom. The number of ether oxygens (including phenoxy) is 2. The number of amides is 1. The van der Waals surface area contributed by atoms with Gasteiger partial charge in [0.05, 0.1) is 24.7 Å². The van der Waals surface area contributed by atoms with Crippen LogP contribution in [0.25, 0.3) is 0 Å². The maximum absolute atomic E-state index is 13.0. The van der Waals surface area contributed by atoms with E-state index in [9.17, 15) is 13.2 Å². The minimum Gasteiger partial charge on any atom is -0.350 e. The van der Waals surface area contributed by atoms with Crippen LogP contribution in [-0.2, 0) is 24.3 Å². The van der Waals surface area contributed by atoms with Gasteiger partial charge in [0, 0.05) is 24.7 Å². The van der Waals surface area contributed by atoms with E-state index in [-0.39, 0.29) is 17.1 Å². The lowest BCUT2D eigenvalue weighted by Gasteiger charge is -2.33. The van der Waals surface area contributed by atoms with Crippen LogP contribution < -0.4 is 5.32 Å².